The Kier molecular flexibility index (Phi) is 7.16. The second-order valence-electron chi connectivity index (χ2n) is 8.75. The first kappa shape index (κ1) is 23.9. The second-order valence-corrected chi connectivity index (χ2v) is 8.75. The van der Waals surface area contributed by atoms with Crippen LogP contribution in [0.2, 0.25) is 0 Å². The van der Waals surface area contributed by atoms with E-state index in [0.717, 1.165) is 18.4 Å². The van der Waals surface area contributed by atoms with Crippen LogP contribution in [0.4, 0.5) is 28.1 Å². The number of nitrogens with one attached hydrogen (secondary N) is 3. The van der Waals surface area contributed by atoms with Crippen LogP contribution < -0.4 is 20.9 Å². The lowest BCUT2D eigenvalue weighted by Crippen LogP contribution is -2.43. The zero-order chi connectivity index (χ0) is 24.9. The minimum Gasteiger partial charge on any atom is -0.394 e. The van der Waals surface area contributed by atoms with Crippen LogP contribution in [0.25, 0.3) is 11.4 Å². The van der Waals surface area contributed by atoms with E-state index < -0.39 is 6.04 Å². The van der Waals surface area contributed by atoms with Crippen LogP contribution in [0.5, 0.6) is 0 Å². The van der Waals surface area contributed by atoms with Crippen molar-refractivity contribution in [1.29, 1.82) is 0 Å². The number of hydrogen-bond acceptors (Lipinski definition) is 10. The number of aliphatic hydroxyl groups is 2. The van der Waals surface area contributed by atoms with Crippen molar-refractivity contribution in [2.45, 2.75) is 31.1 Å². The number of benzene rings is 1. The van der Waals surface area contributed by atoms with Crippen molar-refractivity contribution < 1.29 is 19.7 Å². The lowest BCUT2D eigenvalue weighted by atomic mass is 10.2. The summed E-state index contributed by atoms with van der Waals surface area (Å²) in [5.74, 6) is 1.21. The van der Waals surface area contributed by atoms with Gasteiger partial charge in [-0.3, -0.25) is 4.98 Å². The van der Waals surface area contributed by atoms with E-state index >= 15 is 0 Å². The van der Waals surface area contributed by atoms with Crippen LogP contribution in [-0.2, 0) is 4.74 Å². The SMILES string of the molecule is O=C(Nc1ccc(-c2nc(NC(CO)CO)nc(N3CC4CCC(C3)O4)n2)cc1)Nc1cccnc1. The Hall–Kier alpha value is -3.87. The molecule has 2 bridgehead atoms. The van der Waals surface area contributed by atoms with Gasteiger partial charge in [0.2, 0.25) is 11.9 Å². The van der Waals surface area contributed by atoms with Gasteiger partial charge < -0.3 is 35.8 Å². The molecule has 2 aliphatic heterocycles. The van der Waals surface area contributed by atoms with Gasteiger partial charge in [0.05, 0.1) is 43.3 Å². The van der Waals surface area contributed by atoms with Gasteiger partial charge in [0, 0.05) is 30.5 Å². The molecule has 12 nitrogen and oxygen atoms in total. The van der Waals surface area contributed by atoms with Crippen LogP contribution in [-0.4, -0.2) is 80.7 Å². The minimum atomic E-state index is -0.598. The molecule has 0 radical (unpaired) electrons. The molecule has 3 aromatic rings. The minimum absolute atomic E-state index is 0.158. The van der Waals surface area contributed by atoms with Crippen LogP contribution in [0, 0.1) is 0 Å². The molecule has 12 heteroatoms. The van der Waals surface area contributed by atoms with E-state index in [1.54, 1.807) is 48.8 Å². The summed E-state index contributed by atoms with van der Waals surface area (Å²) in [4.78, 5) is 32.1. The van der Waals surface area contributed by atoms with E-state index in [1.165, 1.54) is 0 Å². The van der Waals surface area contributed by atoms with Crippen LogP contribution >= 0.6 is 0 Å². The quantitative estimate of drug-likeness (QED) is 0.313. The molecule has 0 saturated carbocycles. The largest absolute Gasteiger partial charge is 0.394 e. The number of aliphatic hydroxyl groups excluding tert-OH is 2. The van der Waals surface area contributed by atoms with Gasteiger partial charge in [-0.2, -0.15) is 15.0 Å². The summed E-state index contributed by atoms with van der Waals surface area (Å²) in [6.07, 6.45) is 5.54. The number of hydrogen-bond donors (Lipinski definition) is 5. The Balaban J connectivity index is 1.35. The molecule has 2 saturated heterocycles. The van der Waals surface area contributed by atoms with Gasteiger partial charge in [-0.15, -0.1) is 0 Å². The number of morpholine rings is 1. The molecule has 0 aliphatic carbocycles. The molecule has 0 spiro atoms. The Bertz CT molecular complexity index is 1160. The van der Waals surface area contributed by atoms with Gasteiger partial charge in [0.1, 0.15) is 0 Å². The predicted octanol–water partition coefficient (Wildman–Crippen LogP) is 1.71. The van der Waals surface area contributed by atoms with E-state index in [4.69, 9.17) is 9.72 Å². The Morgan fingerprint density at radius 3 is 2.39 bits per heavy atom. The van der Waals surface area contributed by atoms with Crippen molar-refractivity contribution in [3.05, 3.63) is 48.8 Å². The van der Waals surface area contributed by atoms with Crippen molar-refractivity contribution in [3.8, 4) is 11.4 Å². The maximum absolute atomic E-state index is 12.3. The molecule has 2 atom stereocenters. The molecule has 2 unspecified atom stereocenters. The van der Waals surface area contributed by atoms with Crippen molar-refractivity contribution in [2.24, 2.45) is 0 Å². The van der Waals surface area contributed by atoms with E-state index in [2.05, 4.69) is 35.8 Å². The molecule has 5 N–H and O–H groups in total. The number of amides is 2. The number of rotatable bonds is 8. The number of nitrogens with zero attached hydrogens (tertiary/aromatic N) is 5. The third-order valence-corrected chi connectivity index (χ3v) is 6.04. The summed E-state index contributed by atoms with van der Waals surface area (Å²) in [6.45, 7) is 0.849. The molecular formula is C24H28N8O4. The zero-order valence-corrected chi connectivity index (χ0v) is 19.5. The summed E-state index contributed by atoms with van der Waals surface area (Å²) in [7, 11) is 0. The normalized spacial score (nSPS) is 18.8. The fraction of sp³-hybridized carbons (Fsp3) is 0.375. The molecule has 2 aliphatic rings. The van der Waals surface area contributed by atoms with E-state index in [0.29, 0.717) is 36.2 Å². The fourth-order valence-electron chi connectivity index (χ4n) is 4.24. The van der Waals surface area contributed by atoms with E-state index in [9.17, 15) is 15.0 Å². The first-order valence-corrected chi connectivity index (χ1v) is 11.8. The van der Waals surface area contributed by atoms with Crippen LogP contribution in [0.15, 0.2) is 48.8 Å². The van der Waals surface area contributed by atoms with Gasteiger partial charge in [-0.05, 0) is 49.2 Å². The van der Waals surface area contributed by atoms with Gasteiger partial charge in [-0.1, -0.05) is 0 Å². The highest BCUT2D eigenvalue weighted by Crippen LogP contribution is 2.29. The maximum Gasteiger partial charge on any atom is 0.323 e. The molecule has 2 fully saturated rings. The van der Waals surface area contributed by atoms with E-state index in [-0.39, 0.29) is 37.4 Å². The Labute approximate surface area is 207 Å². The summed E-state index contributed by atoms with van der Waals surface area (Å²) < 4.78 is 5.94. The summed E-state index contributed by atoms with van der Waals surface area (Å²) in [5, 5.41) is 27.5. The van der Waals surface area contributed by atoms with Gasteiger partial charge in [0.25, 0.3) is 0 Å². The van der Waals surface area contributed by atoms with Gasteiger partial charge in [-0.25, -0.2) is 4.79 Å². The van der Waals surface area contributed by atoms with Crippen molar-refractivity contribution >= 4 is 29.3 Å². The number of urea groups is 1. The molecule has 2 aromatic heterocycles. The summed E-state index contributed by atoms with van der Waals surface area (Å²) >= 11 is 0. The predicted molar refractivity (Wildman–Crippen MR) is 134 cm³/mol. The highest BCUT2D eigenvalue weighted by molar-refractivity contribution is 5.99. The third-order valence-electron chi connectivity index (χ3n) is 6.04. The van der Waals surface area contributed by atoms with Gasteiger partial charge >= 0.3 is 6.03 Å². The number of anilines is 4. The number of carbonyl (C=O) groups excluding carboxylic acids is 1. The zero-order valence-electron chi connectivity index (χ0n) is 19.5. The smallest absolute Gasteiger partial charge is 0.323 e. The highest BCUT2D eigenvalue weighted by Gasteiger charge is 2.35. The standard InChI is InChI=1S/C24H28N8O4/c33-13-18(14-34)26-22-29-21(30-23(31-22)32-11-19-7-8-20(12-32)36-19)15-3-5-16(6-4-15)27-24(35)28-17-2-1-9-25-10-17/h1-6,9-10,18-20,33-34H,7-8,11-14H2,(H2,27,28,35)(H,26,29,30,31). The second kappa shape index (κ2) is 10.8. The van der Waals surface area contributed by atoms with Crippen molar-refractivity contribution in [1.82, 2.24) is 19.9 Å². The topological polar surface area (TPSA) is 158 Å². The first-order valence-electron chi connectivity index (χ1n) is 11.8. The molecule has 36 heavy (non-hydrogen) atoms. The number of carbonyl (C=O) groups is 1. The average Bonchev–Trinajstić information content (AvgIpc) is 3.25. The average molecular weight is 493 g/mol. The highest BCUT2D eigenvalue weighted by atomic mass is 16.5. The van der Waals surface area contributed by atoms with Crippen molar-refractivity contribution in [3.63, 3.8) is 0 Å². The lowest BCUT2D eigenvalue weighted by molar-refractivity contribution is 0.0299. The van der Waals surface area contributed by atoms with E-state index in [1.807, 2.05) is 0 Å². The molecule has 2 amide bonds. The number of aromatic nitrogens is 4. The Morgan fingerprint density at radius 1 is 1.00 bits per heavy atom. The maximum atomic E-state index is 12.3. The lowest BCUT2D eigenvalue weighted by Gasteiger charge is -2.32. The first-order chi connectivity index (χ1) is 17.6. The molecule has 4 heterocycles. The van der Waals surface area contributed by atoms with Crippen molar-refractivity contribution in [2.75, 3.05) is 47.2 Å². The number of ether oxygens (including phenoxy) is 1. The molecular weight excluding hydrogens is 464 g/mol. The Morgan fingerprint density at radius 2 is 1.72 bits per heavy atom. The van der Waals surface area contributed by atoms with Crippen LogP contribution in [0.1, 0.15) is 12.8 Å². The molecule has 1 aromatic carbocycles. The number of fused-ring (bicyclic) bond motifs is 2. The van der Waals surface area contributed by atoms with Gasteiger partial charge in [0.15, 0.2) is 5.82 Å². The van der Waals surface area contributed by atoms with Crippen LogP contribution in [0.3, 0.4) is 0 Å². The monoisotopic (exact) mass is 492 g/mol. The summed E-state index contributed by atoms with van der Waals surface area (Å²) in [5.41, 5.74) is 1.91. The third kappa shape index (κ3) is 5.67. The fourth-order valence-corrected chi connectivity index (χ4v) is 4.24. The molecule has 188 valence electrons. The summed E-state index contributed by atoms with van der Waals surface area (Å²) in [6, 6.07) is 9.63. The number of pyridine rings is 1. The molecule has 5 rings (SSSR count).